The second-order valence-electron chi connectivity index (χ2n) is 10.1. The summed E-state index contributed by atoms with van der Waals surface area (Å²) in [6.45, 7) is 12.8. The molecule has 4 heterocycles. The Morgan fingerprint density at radius 1 is 1.03 bits per heavy atom. The van der Waals surface area contributed by atoms with Crippen LogP contribution < -0.4 is 4.72 Å². The lowest BCUT2D eigenvalue weighted by atomic mass is 9.88. The van der Waals surface area contributed by atoms with Crippen LogP contribution in [0.4, 0.5) is 0 Å². The molecule has 0 bridgehead atoms. The molecule has 3 aromatic heterocycles. The molecule has 1 aliphatic heterocycles. The van der Waals surface area contributed by atoms with Crippen molar-refractivity contribution in [1.82, 2.24) is 4.72 Å². The van der Waals surface area contributed by atoms with Gasteiger partial charge in [-0.25, -0.2) is 13.1 Å². The molecule has 4 nitrogen and oxygen atoms in total. The molecule has 0 saturated carbocycles. The number of hydrogen-bond donors (Lipinski definition) is 1. The SMILES string of the molecule is CCCCC(CC)Cc1cc(-c2sc(C(C)(C)CC)c3c2C(=O)NS3(=O)=O)sc1-c1ccc(C)s1. The largest absolute Gasteiger partial charge is 0.268 e. The normalized spacial score (nSPS) is 15.9. The minimum absolute atomic E-state index is 0.201. The maximum atomic E-state index is 13.0. The highest BCUT2D eigenvalue weighted by atomic mass is 32.2. The lowest BCUT2D eigenvalue weighted by Gasteiger charge is -2.22. The van der Waals surface area contributed by atoms with Gasteiger partial charge in [-0.1, -0.05) is 60.3 Å². The molecule has 35 heavy (non-hydrogen) atoms. The van der Waals surface area contributed by atoms with Crippen molar-refractivity contribution in [3.63, 3.8) is 0 Å². The van der Waals surface area contributed by atoms with Crippen LogP contribution in [0.3, 0.4) is 0 Å². The number of carbonyl (C=O) groups excluding carboxylic acids is 1. The van der Waals surface area contributed by atoms with Gasteiger partial charge in [-0.05, 0) is 49.4 Å². The van der Waals surface area contributed by atoms with E-state index in [9.17, 15) is 13.2 Å². The minimum atomic E-state index is -3.83. The number of unbranched alkanes of at least 4 members (excludes halogenated alkanes) is 1. The Kier molecular flexibility index (Phi) is 7.68. The third-order valence-electron chi connectivity index (χ3n) is 7.13. The van der Waals surface area contributed by atoms with Crippen LogP contribution in [0.2, 0.25) is 0 Å². The van der Waals surface area contributed by atoms with Crippen molar-refractivity contribution in [3.05, 3.63) is 39.1 Å². The molecular formula is C27H35NO3S4. The Bertz CT molecular complexity index is 1340. The van der Waals surface area contributed by atoms with Gasteiger partial charge in [-0.2, -0.15) is 0 Å². The number of rotatable bonds is 10. The molecule has 8 heteroatoms. The van der Waals surface area contributed by atoms with Gasteiger partial charge in [-0.3, -0.25) is 4.79 Å². The number of sulfonamides is 1. The number of carbonyl (C=O) groups is 1. The van der Waals surface area contributed by atoms with Crippen LogP contribution in [0.5, 0.6) is 0 Å². The lowest BCUT2D eigenvalue weighted by molar-refractivity contribution is 0.0986. The average molecular weight is 550 g/mol. The minimum Gasteiger partial charge on any atom is -0.268 e. The van der Waals surface area contributed by atoms with Gasteiger partial charge in [0, 0.05) is 29.8 Å². The van der Waals surface area contributed by atoms with Crippen molar-refractivity contribution in [2.24, 2.45) is 5.92 Å². The first kappa shape index (κ1) is 26.6. The monoisotopic (exact) mass is 549 g/mol. The highest BCUT2D eigenvalue weighted by molar-refractivity contribution is 7.91. The Balaban J connectivity index is 1.89. The topological polar surface area (TPSA) is 63.2 Å². The van der Waals surface area contributed by atoms with Crippen molar-refractivity contribution in [3.8, 4) is 19.5 Å². The van der Waals surface area contributed by atoms with Gasteiger partial charge < -0.3 is 0 Å². The first-order valence-electron chi connectivity index (χ1n) is 12.5. The van der Waals surface area contributed by atoms with E-state index in [0.29, 0.717) is 11.5 Å². The van der Waals surface area contributed by atoms with Gasteiger partial charge >= 0.3 is 0 Å². The van der Waals surface area contributed by atoms with Gasteiger partial charge in [0.1, 0.15) is 4.90 Å². The van der Waals surface area contributed by atoms with E-state index < -0.39 is 15.9 Å². The Labute approximate surface area is 221 Å². The number of nitrogens with one attached hydrogen (secondary N) is 1. The third kappa shape index (κ3) is 5.04. The summed E-state index contributed by atoms with van der Waals surface area (Å²) in [6, 6.07) is 6.58. The number of amides is 1. The summed E-state index contributed by atoms with van der Waals surface area (Å²) in [5.74, 6) is 0.117. The van der Waals surface area contributed by atoms with E-state index in [1.807, 2.05) is 0 Å². The number of hydrogen-bond acceptors (Lipinski definition) is 6. The number of thiophene rings is 3. The summed E-state index contributed by atoms with van der Waals surface area (Å²) in [5, 5.41) is 0. The molecular weight excluding hydrogens is 515 g/mol. The number of aryl methyl sites for hydroxylation is 1. The van der Waals surface area contributed by atoms with E-state index in [2.05, 4.69) is 64.5 Å². The quantitative estimate of drug-likeness (QED) is 0.276. The fourth-order valence-corrected chi connectivity index (χ4v) is 10.2. The molecule has 0 radical (unpaired) electrons. The second-order valence-corrected chi connectivity index (χ2v) is 15.1. The lowest BCUT2D eigenvalue weighted by Crippen LogP contribution is -2.23. The zero-order valence-electron chi connectivity index (χ0n) is 21.4. The molecule has 190 valence electrons. The summed E-state index contributed by atoms with van der Waals surface area (Å²) < 4.78 is 28.2. The smallest absolute Gasteiger partial charge is 0.267 e. The van der Waals surface area contributed by atoms with E-state index in [1.165, 1.54) is 50.8 Å². The van der Waals surface area contributed by atoms with E-state index in [0.717, 1.165) is 33.9 Å². The molecule has 0 fully saturated rings. The van der Waals surface area contributed by atoms with Crippen molar-refractivity contribution in [2.75, 3.05) is 0 Å². The molecule has 1 aliphatic rings. The zero-order chi connectivity index (χ0) is 25.5. The molecule has 4 rings (SSSR count). The van der Waals surface area contributed by atoms with Gasteiger partial charge in [0.15, 0.2) is 0 Å². The Morgan fingerprint density at radius 3 is 2.37 bits per heavy atom. The summed E-state index contributed by atoms with van der Waals surface area (Å²) in [6.07, 6.45) is 6.57. The van der Waals surface area contributed by atoms with Crippen LogP contribution in [0, 0.1) is 12.8 Å². The fraction of sp³-hybridized carbons (Fsp3) is 0.519. The third-order valence-corrected chi connectivity index (χ3v) is 12.8. The van der Waals surface area contributed by atoms with E-state index in [4.69, 9.17) is 0 Å². The number of fused-ring (bicyclic) bond motifs is 1. The van der Waals surface area contributed by atoms with E-state index >= 15 is 0 Å². The molecule has 0 aliphatic carbocycles. The molecule has 0 spiro atoms. The van der Waals surface area contributed by atoms with Crippen molar-refractivity contribution >= 4 is 49.9 Å². The molecule has 1 atom stereocenters. The van der Waals surface area contributed by atoms with Crippen molar-refractivity contribution in [1.29, 1.82) is 0 Å². The van der Waals surface area contributed by atoms with Crippen LogP contribution >= 0.6 is 34.0 Å². The predicted molar refractivity (Wildman–Crippen MR) is 151 cm³/mol. The Morgan fingerprint density at radius 2 is 1.77 bits per heavy atom. The van der Waals surface area contributed by atoms with Crippen LogP contribution in [-0.2, 0) is 21.9 Å². The standard InChI is InChI=1S/C27H35NO3S4/c1-7-10-11-17(8-2)14-18-15-20(33-22(18)19-13-12-16(4)32-19)23-21-24(35(30,31)28-26(21)29)25(34-23)27(5,6)9-3/h12-13,15,17H,7-11,14H2,1-6H3,(H,28,29). The van der Waals surface area contributed by atoms with Gasteiger partial charge in [0.05, 0.1) is 10.4 Å². The first-order chi connectivity index (χ1) is 16.5. The molecule has 0 aromatic carbocycles. The zero-order valence-corrected chi connectivity index (χ0v) is 24.7. The fourth-order valence-electron chi connectivity index (χ4n) is 4.59. The Hall–Kier alpha value is -1.48. The van der Waals surface area contributed by atoms with E-state index in [1.54, 1.807) is 22.7 Å². The molecule has 1 unspecified atom stereocenters. The molecule has 1 amide bonds. The van der Waals surface area contributed by atoms with Crippen LogP contribution in [-0.4, -0.2) is 14.3 Å². The first-order valence-corrected chi connectivity index (χ1v) is 16.4. The van der Waals surface area contributed by atoms with Crippen LogP contribution in [0.15, 0.2) is 23.1 Å². The maximum absolute atomic E-state index is 13.0. The summed E-state index contributed by atoms with van der Waals surface area (Å²) in [5.41, 5.74) is 1.31. The van der Waals surface area contributed by atoms with Crippen LogP contribution in [0.1, 0.15) is 92.4 Å². The summed E-state index contributed by atoms with van der Waals surface area (Å²) in [4.78, 5) is 19.5. The summed E-state index contributed by atoms with van der Waals surface area (Å²) >= 11 is 4.98. The predicted octanol–water partition coefficient (Wildman–Crippen LogP) is 8.39. The van der Waals surface area contributed by atoms with Crippen molar-refractivity contribution in [2.45, 2.75) is 90.4 Å². The average Bonchev–Trinajstić information content (AvgIpc) is 3.55. The second kappa shape index (κ2) is 10.1. The van der Waals surface area contributed by atoms with Gasteiger partial charge in [0.2, 0.25) is 0 Å². The van der Waals surface area contributed by atoms with Gasteiger partial charge in [-0.15, -0.1) is 34.0 Å². The summed E-state index contributed by atoms with van der Waals surface area (Å²) in [7, 11) is -3.83. The highest BCUT2D eigenvalue weighted by Crippen LogP contribution is 2.51. The van der Waals surface area contributed by atoms with Crippen molar-refractivity contribution < 1.29 is 13.2 Å². The molecule has 0 saturated heterocycles. The maximum Gasteiger partial charge on any atom is 0.267 e. The molecule has 1 N–H and O–H groups in total. The van der Waals surface area contributed by atoms with Gasteiger partial charge in [0.25, 0.3) is 15.9 Å². The van der Waals surface area contributed by atoms with E-state index in [-0.39, 0.29) is 10.3 Å². The highest BCUT2D eigenvalue weighted by Gasteiger charge is 2.43. The molecule has 3 aromatic rings. The van der Waals surface area contributed by atoms with Crippen LogP contribution in [0.25, 0.3) is 19.5 Å².